The van der Waals surface area contributed by atoms with Crippen LogP contribution in [0, 0.1) is 0 Å². The van der Waals surface area contributed by atoms with Gasteiger partial charge in [-0.25, -0.2) is 8.42 Å². The molecule has 158 valence electrons. The van der Waals surface area contributed by atoms with Gasteiger partial charge in [0, 0.05) is 25.3 Å². The van der Waals surface area contributed by atoms with E-state index in [1.807, 2.05) is 44.2 Å². The lowest BCUT2D eigenvalue weighted by atomic mass is 10.2. The molecular formula is C22H31N3O3S. The fraction of sp³-hybridized carbons (Fsp3) is 0.409. The first-order valence-corrected chi connectivity index (χ1v) is 11.5. The van der Waals surface area contributed by atoms with Crippen molar-refractivity contribution < 1.29 is 13.2 Å². The minimum atomic E-state index is -3.56. The Morgan fingerprint density at radius 3 is 2.28 bits per heavy atom. The first-order valence-electron chi connectivity index (χ1n) is 10.1. The molecule has 0 radical (unpaired) electrons. The van der Waals surface area contributed by atoms with Crippen molar-refractivity contribution in [3.05, 3.63) is 60.2 Å². The van der Waals surface area contributed by atoms with Gasteiger partial charge in [-0.3, -0.25) is 9.69 Å². The average molecular weight is 418 g/mol. The van der Waals surface area contributed by atoms with Crippen LogP contribution in [0.4, 0.5) is 5.69 Å². The minimum Gasteiger partial charge on any atom is -0.325 e. The quantitative estimate of drug-likeness (QED) is 0.607. The van der Waals surface area contributed by atoms with Gasteiger partial charge >= 0.3 is 0 Å². The van der Waals surface area contributed by atoms with Gasteiger partial charge in [0.05, 0.1) is 11.4 Å². The van der Waals surface area contributed by atoms with E-state index < -0.39 is 10.0 Å². The van der Waals surface area contributed by atoms with Crippen LogP contribution in [-0.4, -0.2) is 49.7 Å². The number of carbonyl (C=O) groups excluding carboxylic acids is 1. The molecule has 1 amide bonds. The fourth-order valence-corrected chi connectivity index (χ4v) is 4.73. The van der Waals surface area contributed by atoms with Gasteiger partial charge in [0.2, 0.25) is 15.9 Å². The van der Waals surface area contributed by atoms with Crippen LogP contribution >= 0.6 is 0 Å². The zero-order valence-corrected chi connectivity index (χ0v) is 18.3. The van der Waals surface area contributed by atoms with Crippen molar-refractivity contribution in [2.75, 3.05) is 31.5 Å². The molecule has 2 aromatic rings. The van der Waals surface area contributed by atoms with Crippen LogP contribution in [0.1, 0.15) is 32.8 Å². The van der Waals surface area contributed by atoms with Gasteiger partial charge in [0.1, 0.15) is 0 Å². The van der Waals surface area contributed by atoms with Gasteiger partial charge < -0.3 is 5.32 Å². The maximum atomic E-state index is 12.7. The molecule has 1 N–H and O–H groups in total. The summed E-state index contributed by atoms with van der Waals surface area (Å²) in [6.07, 6.45) is 0.942. The molecule has 0 bridgehead atoms. The summed E-state index contributed by atoms with van der Waals surface area (Å²) in [5.41, 5.74) is 1.64. The molecule has 0 aliphatic heterocycles. The zero-order valence-electron chi connectivity index (χ0n) is 17.5. The monoisotopic (exact) mass is 417 g/mol. The van der Waals surface area contributed by atoms with E-state index in [9.17, 15) is 13.2 Å². The van der Waals surface area contributed by atoms with Gasteiger partial charge in [0.25, 0.3) is 0 Å². The van der Waals surface area contributed by atoms with Crippen molar-refractivity contribution in [3.63, 3.8) is 0 Å². The number of amides is 1. The first-order chi connectivity index (χ1) is 13.9. The van der Waals surface area contributed by atoms with E-state index >= 15 is 0 Å². The van der Waals surface area contributed by atoms with E-state index in [0.717, 1.165) is 18.5 Å². The largest absolute Gasteiger partial charge is 0.325 e. The molecule has 0 unspecified atom stereocenters. The lowest BCUT2D eigenvalue weighted by Gasteiger charge is -2.21. The zero-order chi connectivity index (χ0) is 21.3. The fourth-order valence-electron chi connectivity index (χ4n) is 3.22. The van der Waals surface area contributed by atoms with E-state index in [2.05, 4.69) is 17.1 Å². The molecule has 29 heavy (non-hydrogen) atoms. The van der Waals surface area contributed by atoms with Crippen molar-refractivity contribution in [3.8, 4) is 0 Å². The van der Waals surface area contributed by atoms with E-state index in [0.29, 0.717) is 25.3 Å². The number of carbonyl (C=O) groups is 1. The molecule has 7 heteroatoms. The number of hydrogen-bond acceptors (Lipinski definition) is 4. The molecule has 0 aromatic heterocycles. The Morgan fingerprint density at radius 2 is 1.66 bits per heavy atom. The van der Waals surface area contributed by atoms with Crippen molar-refractivity contribution >= 4 is 21.6 Å². The molecule has 2 aromatic carbocycles. The second kappa shape index (κ2) is 11.1. The normalized spacial score (nSPS) is 11.8. The second-order valence-electron chi connectivity index (χ2n) is 6.86. The second-order valence-corrected chi connectivity index (χ2v) is 8.80. The average Bonchev–Trinajstić information content (AvgIpc) is 2.70. The van der Waals surface area contributed by atoms with Crippen molar-refractivity contribution in [1.82, 2.24) is 9.21 Å². The molecule has 0 heterocycles. The molecular weight excluding hydrogens is 386 g/mol. The predicted octanol–water partition coefficient (Wildman–Crippen LogP) is 3.57. The SMILES string of the molecule is CCCN(CC(=O)Nc1cccc(S(=O)(=O)N(CC)CC)c1)Cc1ccccc1. The van der Waals surface area contributed by atoms with E-state index in [4.69, 9.17) is 0 Å². The number of anilines is 1. The van der Waals surface area contributed by atoms with Gasteiger partial charge in [0.15, 0.2) is 0 Å². The minimum absolute atomic E-state index is 0.160. The summed E-state index contributed by atoms with van der Waals surface area (Å²) in [7, 11) is -3.56. The van der Waals surface area contributed by atoms with Crippen LogP contribution in [0.3, 0.4) is 0 Å². The van der Waals surface area contributed by atoms with E-state index in [-0.39, 0.29) is 17.3 Å². The van der Waals surface area contributed by atoms with Crippen LogP contribution in [0.2, 0.25) is 0 Å². The highest BCUT2D eigenvalue weighted by atomic mass is 32.2. The Kier molecular flexibility index (Phi) is 8.82. The lowest BCUT2D eigenvalue weighted by molar-refractivity contribution is -0.117. The standard InChI is InChI=1S/C22H31N3O3S/c1-4-15-24(17-19-11-8-7-9-12-19)18-22(26)23-20-13-10-14-21(16-20)29(27,28)25(5-2)6-3/h7-14,16H,4-6,15,17-18H2,1-3H3,(H,23,26). The predicted molar refractivity (Wildman–Crippen MR) is 117 cm³/mol. The number of benzene rings is 2. The Labute approximate surface area is 174 Å². The highest BCUT2D eigenvalue weighted by Gasteiger charge is 2.22. The van der Waals surface area contributed by atoms with E-state index in [1.54, 1.807) is 18.2 Å². The summed E-state index contributed by atoms with van der Waals surface area (Å²) in [5, 5.41) is 2.84. The maximum Gasteiger partial charge on any atom is 0.243 e. The van der Waals surface area contributed by atoms with Gasteiger partial charge in [-0.05, 0) is 36.7 Å². The molecule has 0 fully saturated rings. The number of nitrogens with one attached hydrogen (secondary N) is 1. The Balaban J connectivity index is 2.07. The lowest BCUT2D eigenvalue weighted by Crippen LogP contribution is -2.33. The summed E-state index contributed by atoms with van der Waals surface area (Å²) in [4.78, 5) is 14.9. The third-order valence-corrected chi connectivity index (χ3v) is 6.66. The van der Waals surface area contributed by atoms with Crippen LogP contribution in [0.25, 0.3) is 0 Å². The Bertz CT molecular complexity index is 881. The van der Waals surface area contributed by atoms with Gasteiger partial charge in [-0.15, -0.1) is 0 Å². The smallest absolute Gasteiger partial charge is 0.243 e. The number of sulfonamides is 1. The molecule has 0 saturated carbocycles. The highest BCUT2D eigenvalue weighted by Crippen LogP contribution is 2.19. The summed E-state index contributed by atoms with van der Waals surface area (Å²) < 4.78 is 26.8. The van der Waals surface area contributed by atoms with Crippen molar-refractivity contribution in [2.45, 2.75) is 38.6 Å². The van der Waals surface area contributed by atoms with Crippen LogP contribution < -0.4 is 5.32 Å². The topological polar surface area (TPSA) is 69.7 Å². The van der Waals surface area contributed by atoms with Crippen molar-refractivity contribution in [1.29, 1.82) is 0 Å². The summed E-state index contributed by atoms with van der Waals surface area (Å²) in [6.45, 7) is 8.25. The van der Waals surface area contributed by atoms with Crippen LogP contribution in [0.5, 0.6) is 0 Å². The summed E-state index contributed by atoms with van der Waals surface area (Å²) in [6, 6.07) is 16.5. The first kappa shape index (κ1) is 23.1. The summed E-state index contributed by atoms with van der Waals surface area (Å²) >= 11 is 0. The number of nitrogens with zero attached hydrogens (tertiary/aromatic N) is 2. The molecule has 0 spiro atoms. The van der Waals surface area contributed by atoms with Crippen LogP contribution in [-0.2, 0) is 21.4 Å². The Hall–Kier alpha value is -2.22. The molecule has 0 saturated heterocycles. The highest BCUT2D eigenvalue weighted by molar-refractivity contribution is 7.89. The third kappa shape index (κ3) is 6.66. The van der Waals surface area contributed by atoms with Gasteiger partial charge in [-0.2, -0.15) is 4.31 Å². The van der Waals surface area contributed by atoms with Crippen molar-refractivity contribution in [2.24, 2.45) is 0 Å². The molecule has 0 aliphatic carbocycles. The Morgan fingerprint density at radius 1 is 0.966 bits per heavy atom. The summed E-state index contributed by atoms with van der Waals surface area (Å²) in [5.74, 6) is -0.160. The van der Waals surface area contributed by atoms with E-state index in [1.165, 1.54) is 10.4 Å². The molecule has 0 atom stereocenters. The molecule has 0 aliphatic rings. The maximum absolute atomic E-state index is 12.7. The van der Waals surface area contributed by atoms with Crippen LogP contribution in [0.15, 0.2) is 59.5 Å². The third-order valence-electron chi connectivity index (χ3n) is 4.62. The molecule has 2 rings (SSSR count). The number of rotatable bonds is 11. The number of hydrogen-bond donors (Lipinski definition) is 1. The molecule has 6 nitrogen and oxygen atoms in total. The van der Waals surface area contributed by atoms with Gasteiger partial charge in [-0.1, -0.05) is 57.2 Å².